The second-order valence-electron chi connectivity index (χ2n) is 8.12. The molecule has 1 aromatic carbocycles. The molecule has 9 heteroatoms. The van der Waals surface area contributed by atoms with E-state index in [-0.39, 0.29) is 22.7 Å². The maximum absolute atomic E-state index is 12.8. The zero-order chi connectivity index (χ0) is 21.9. The fourth-order valence-electron chi connectivity index (χ4n) is 4.32. The third-order valence-electron chi connectivity index (χ3n) is 6.00. The van der Waals surface area contributed by atoms with Gasteiger partial charge in [0.05, 0.1) is 17.0 Å². The predicted molar refractivity (Wildman–Crippen MR) is 134 cm³/mol. The number of hydrogen-bond donors (Lipinski definition) is 2. The summed E-state index contributed by atoms with van der Waals surface area (Å²) in [4.78, 5) is 14.3. The number of carbonyl (C=O) groups is 1. The molecule has 1 saturated heterocycles. The molecule has 3 aliphatic rings. The van der Waals surface area contributed by atoms with Crippen LogP contribution in [0.15, 0.2) is 52.0 Å². The minimum Gasteiger partial charge on any atom is -0.331 e. The van der Waals surface area contributed by atoms with E-state index in [1.807, 2.05) is 41.6 Å². The van der Waals surface area contributed by atoms with Gasteiger partial charge in [0.2, 0.25) is 5.91 Å². The van der Waals surface area contributed by atoms with Crippen molar-refractivity contribution in [2.24, 2.45) is 13.0 Å². The van der Waals surface area contributed by atoms with Gasteiger partial charge in [-0.25, -0.2) is 0 Å². The minimum absolute atomic E-state index is 0.00826. The van der Waals surface area contributed by atoms with E-state index in [0.29, 0.717) is 5.75 Å². The van der Waals surface area contributed by atoms with Gasteiger partial charge >= 0.3 is 0 Å². The van der Waals surface area contributed by atoms with E-state index in [1.54, 1.807) is 23.5 Å². The smallest absolute Gasteiger partial charge is 0.231 e. The van der Waals surface area contributed by atoms with Crippen LogP contribution in [-0.4, -0.2) is 37.3 Å². The number of allylic oxidation sites excluding steroid dienone is 1. The highest BCUT2D eigenvalue weighted by atomic mass is 32.2. The molecule has 3 atom stereocenters. The van der Waals surface area contributed by atoms with Gasteiger partial charge in [-0.15, -0.1) is 33.7 Å². The summed E-state index contributed by atoms with van der Waals surface area (Å²) >= 11 is 5.22. The third-order valence-corrected chi connectivity index (χ3v) is 9.40. The molecule has 2 aromatic rings. The van der Waals surface area contributed by atoms with Crippen molar-refractivity contribution in [3.05, 3.63) is 58.3 Å². The molecule has 1 fully saturated rings. The Hall–Kier alpha value is -1.68. The van der Waals surface area contributed by atoms with Crippen LogP contribution in [-0.2, 0) is 17.6 Å². The lowest BCUT2D eigenvalue weighted by molar-refractivity contribution is -0.126. The van der Waals surface area contributed by atoms with Crippen molar-refractivity contribution >= 4 is 47.3 Å². The first-order chi connectivity index (χ1) is 15.7. The molecule has 2 N–H and O–H groups in total. The number of nitrogens with zero attached hydrogens (tertiary/aromatic N) is 3. The van der Waals surface area contributed by atoms with Crippen LogP contribution < -0.4 is 10.6 Å². The predicted octanol–water partition coefficient (Wildman–Crippen LogP) is 4.37. The summed E-state index contributed by atoms with van der Waals surface area (Å²) in [5.74, 6) is 2.63. The highest BCUT2D eigenvalue weighted by molar-refractivity contribution is 8.04. The molecule has 0 bridgehead atoms. The molecule has 2 aliphatic heterocycles. The standard InChI is InChI=1S/C23H27N5OS3/c1-28-18(26-27-23(28)30-13-7-10-15-8-3-2-4-9-15)14-31-22-24-20(29)19-16-11-5-6-12-17(16)32-21(19)25-22/h2-4,7-10,19,21-22,25H,5-6,11-14H2,1H3,(H,24,29)/b10-7+. The van der Waals surface area contributed by atoms with Gasteiger partial charge in [-0.05, 0) is 41.7 Å². The van der Waals surface area contributed by atoms with Gasteiger partial charge in [0.25, 0.3) is 0 Å². The van der Waals surface area contributed by atoms with E-state index in [9.17, 15) is 4.79 Å². The van der Waals surface area contributed by atoms with E-state index in [1.165, 1.54) is 28.9 Å². The van der Waals surface area contributed by atoms with Crippen molar-refractivity contribution in [1.29, 1.82) is 0 Å². The van der Waals surface area contributed by atoms with Crippen LogP contribution in [0.3, 0.4) is 0 Å². The fraction of sp³-hybridized carbons (Fsp3) is 0.435. The second-order valence-corrected chi connectivity index (χ2v) is 11.4. The maximum Gasteiger partial charge on any atom is 0.231 e. The number of aromatic nitrogens is 3. The summed E-state index contributed by atoms with van der Waals surface area (Å²) in [7, 11) is 2.01. The molecule has 1 aliphatic carbocycles. The number of thioether (sulfide) groups is 3. The van der Waals surface area contributed by atoms with Gasteiger partial charge in [-0.2, -0.15) is 0 Å². The van der Waals surface area contributed by atoms with Crippen molar-refractivity contribution in [1.82, 2.24) is 25.4 Å². The summed E-state index contributed by atoms with van der Waals surface area (Å²) in [6, 6.07) is 10.3. The molecular weight excluding hydrogens is 458 g/mol. The summed E-state index contributed by atoms with van der Waals surface area (Å²) in [5.41, 5.74) is 2.49. The maximum atomic E-state index is 12.8. The van der Waals surface area contributed by atoms with E-state index in [0.717, 1.165) is 29.6 Å². The van der Waals surface area contributed by atoms with Crippen LogP contribution in [0.1, 0.15) is 37.1 Å². The van der Waals surface area contributed by atoms with Crippen LogP contribution in [0.4, 0.5) is 0 Å². The second kappa shape index (κ2) is 10.1. The fourth-order valence-corrected chi connectivity index (χ4v) is 7.73. The van der Waals surface area contributed by atoms with Crippen LogP contribution in [0, 0.1) is 5.92 Å². The minimum atomic E-state index is -0.0980. The number of fused-ring (bicyclic) bond motifs is 2. The zero-order valence-corrected chi connectivity index (χ0v) is 20.4. The lowest BCUT2D eigenvalue weighted by Gasteiger charge is -2.34. The quantitative estimate of drug-likeness (QED) is 0.564. The van der Waals surface area contributed by atoms with E-state index in [4.69, 9.17) is 0 Å². The number of amides is 1. The highest BCUT2D eigenvalue weighted by Gasteiger charge is 2.45. The first-order valence-corrected chi connectivity index (χ1v) is 13.9. The summed E-state index contributed by atoms with van der Waals surface area (Å²) in [6.07, 6.45) is 8.95. The summed E-state index contributed by atoms with van der Waals surface area (Å²) < 4.78 is 2.05. The SMILES string of the molecule is Cn1c(CSC2NC(=O)C3C4=C(CCCC4)SC3N2)nnc1SC/C=C/c1ccccc1. The summed E-state index contributed by atoms with van der Waals surface area (Å²) in [5, 5.41) is 16.6. The van der Waals surface area contributed by atoms with Crippen LogP contribution >= 0.6 is 35.3 Å². The molecule has 6 nitrogen and oxygen atoms in total. The van der Waals surface area contributed by atoms with Gasteiger partial charge in [-0.3, -0.25) is 10.1 Å². The van der Waals surface area contributed by atoms with E-state index in [2.05, 4.69) is 45.1 Å². The molecule has 1 amide bonds. The number of carbonyl (C=O) groups excluding carboxylic acids is 1. The van der Waals surface area contributed by atoms with Crippen molar-refractivity contribution in [2.75, 3.05) is 5.75 Å². The molecule has 0 radical (unpaired) electrons. The average molecular weight is 486 g/mol. The third kappa shape index (κ3) is 4.81. The van der Waals surface area contributed by atoms with Crippen LogP contribution in [0.2, 0.25) is 0 Å². The van der Waals surface area contributed by atoms with Crippen molar-refractivity contribution in [3.8, 4) is 0 Å². The normalized spacial score (nSPS) is 25.2. The Morgan fingerprint density at radius 1 is 1.22 bits per heavy atom. The molecular formula is C23H27N5OS3. The molecule has 3 heterocycles. The zero-order valence-electron chi connectivity index (χ0n) is 18.0. The van der Waals surface area contributed by atoms with Gasteiger partial charge < -0.3 is 9.88 Å². The largest absolute Gasteiger partial charge is 0.331 e. The van der Waals surface area contributed by atoms with Crippen molar-refractivity contribution in [2.45, 2.75) is 47.5 Å². The molecule has 0 spiro atoms. The number of benzene rings is 1. The monoisotopic (exact) mass is 485 g/mol. The number of hydrogen-bond acceptors (Lipinski definition) is 7. The Bertz CT molecular complexity index is 1040. The van der Waals surface area contributed by atoms with Crippen molar-refractivity contribution in [3.63, 3.8) is 0 Å². The average Bonchev–Trinajstić information content (AvgIpc) is 3.36. The Morgan fingerprint density at radius 3 is 2.94 bits per heavy atom. The number of rotatable bonds is 7. The van der Waals surface area contributed by atoms with Gasteiger partial charge in [0, 0.05) is 12.8 Å². The Kier molecular flexibility index (Phi) is 6.96. The first-order valence-electron chi connectivity index (χ1n) is 11.0. The summed E-state index contributed by atoms with van der Waals surface area (Å²) in [6.45, 7) is 0. The molecule has 0 saturated carbocycles. The molecule has 1 aromatic heterocycles. The topological polar surface area (TPSA) is 71.8 Å². The molecule has 32 heavy (non-hydrogen) atoms. The van der Waals surface area contributed by atoms with Crippen LogP contribution in [0.5, 0.6) is 0 Å². The lowest BCUT2D eigenvalue weighted by atomic mass is 9.88. The Balaban J connectivity index is 1.12. The van der Waals surface area contributed by atoms with Gasteiger partial charge in [0.1, 0.15) is 11.3 Å². The Morgan fingerprint density at radius 2 is 2.06 bits per heavy atom. The van der Waals surface area contributed by atoms with Gasteiger partial charge in [-0.1, -0.05) is 54.2 Å². The van der Waals surface area contributed by atoms with Gasteiger partial charge in [0.15, 0.2) is 5.16 Å². The first kappa shape index (κ1) is 22.1. The Labute approximate surface area is 201 Å². The van der Waals surface area contributed by atoms with E-state index >= 15 is 0 Å². The molecule has 168 valence electrons. The van der Waals surface area contributed by atoms with Crippen LogP contribution in [0.25, 0.3) is 6.08 Å². The molecule has 3 unspecified atom stereocenters. The lowest BCUT2D eigenvalue weighted by Crippen LogP contribution is -2.58. The highest BCUT2D eigenvalue weighted by Crippen LogP contribution is 2.49. The number of nitrogens with one attached hydrogen (secondary N) is 2. The van der Waals surface area contributed by atoms with Crippen molar-refractivity contribution < 1.29 is 4.79 Å². The molecule has 5 rings (SSSR count). The van der Waals surface area contributed by atoms with E-state index < -0.39 is 0 Å².